The van der Waals surface area contributed by atoms with Crippen LogP contribution in [-0.4, -0.2) is 16.1 Å². The second kappa shape index (κ2) is 6.92. The number of anilines is 1. The second-order valence-corrected chi connectivity index (χ2v) is 6.20. The number of nitrogens with one attached hydrogen (secondary N) is 1. The lowest BCUT2D eigenvalue weighted by Gasteiger charge is -2.05. The minimum Gasteiger partial charge on any atom is -0.469 e. The molecule has 0 saturated carbocycles. The van der Waals surface area contributed by atoms with Crippen LogP contribution in [0.15, 0.2) is 69.7 Å². The van der Waals surface area contributed by atoms with Gasteiger partial charge in [0.2, 0.25) is 11.8 Å². The van der Waals surface area contributed by atoms with Gasteiger partial charge in [-0.25, -0.2) is 0 Å². The van der Waals surface area contributed by atoms with Gasteiger partial charge in [-0.05, 0) is 50.2 Å². The van der Waals surface area contributed by atoms with Crippen molar-refractivity contribution in [1.82, 2.24) is 10.2 Å². The highest BCUT2D eigenvalue weighted by atomic mass is 16.4. The fourth-order valence-electron chi connectivity index (χ4n) is 2.70. The van der Waals surface area contributed by atoms with Crippen LogP contribution in [0.2, 0.25) is 0 Å². The summed E-state index contributed by atoms with van der Waals surface area (Å²) in [5.41, 5.74) is 3.88. The molecule has 0 saturated heterocycles. The first-order valence-corrected chi connectivity index (χ1v) is 8.46. The molecule has 0 radical (unpaired) electrons. The van der Waals surface area contributed by atoms with Gasteiger partial charge in [0, 0.05) is 16.8 Å². The van der Waals surface area contributed by atoms with Crippen LogP contribution in [-0.2, 0) is 0 Å². The van der Waals surface area contributed by atoms with E-state index in [4.69, 9.17) is 8.83 Å². The van der Waals surface area contributed by atoms with Gasteiger partial charge in [0.1, 0.15) is 5.76 Å². The third kappa shape index (κ3) is 3.50. The first-order valence-electron chi connectivity index (χ1n) is 8.46. The van der Waals surface area contributed by atoms with Crippen molar-refractivity contribution < 1.29 is 13.6 Å². The Kier molecular flexibility index (Phi) is 4.30. The fourth-order valence-corrected chi connectivity index (χ4v) is 2.70. The Morgan fingerprint density at radius 2 is 1.67 bits per heavy atom. The van der Waals surface area contributed by atoms with Gasteiger partial charge < -0.3 is 14.2 Å². The molecule has 0 aliphatic carbocycles. The molecule has 4 aromatic rings. The van der Waals surface area contributed by atoms with Crippen LogP contribution in [0.25, 0.3) is 22.9 Å². The molecule has 2 aromatic heterocycles. The minimum absolute atomic E-state index is 0.232. The Morgan fingerprint density at radius 3 is 2.37 bits per heavy atom. The van der Waals surface area contributed by atoms with Crippen LogP contribution in [0.1, 0.15) is 21.7 Å². The van der Waals surface area contributed by atoms with Crippen molar-refractivity contribution in [2.24, 2.45) is 0 Å². The van der Waals surface area contributed by atoms with E-state index in [2.05, 4.69) is 15.5 Å². The molecular formula is C21H17N3O3. The predicted octanol–water partition coefficient (Wildman–Crippen LogP) is 4.87. The number of hydrogen-bond donors (Lipinski definition) is 1. The average Bonchev–Trinajstić information content (AvgIpc) is 3.32. The SMILES string of the molecule is Cc1ccc(-c2nnc(-c3cccc(NC(=O)c4ccoc4C)c3)o2)cc1. The van der Waals surface area contributed by atoms with Gasteiger partial charge in [0.05, 0.1) is 11.8 Å². The van der Waals surface area contributed by atoms with Crippen molar-refractivity contribution in [2.45, 2.75) is 13.8 Å². The highest BCUT2D eigenvalue weighted by molar-refractivity contribution is 6.05. The molecule has 27 heavy (non-hydrogen) atoms. The fraction of sp³-hybridized carbons (Fsp3) is 0.0952. The molecule has 0 aliphatic heterocycles. The molecule has 134 valence electrons. The minimum atomic E-state index is -0.232. The quantitative estimate of drug-likeness (QED) is 0.562. The number of furan rings is 1. The molecular weight excluding hydrogens is 342 g/mol. The number of benzene rings is 2. The van der Waals surface area contributed by atoms with Gasteiger partial charge in [0.25, 0.3) is 5.91 Å². The van der Waals surface area contributed by atoms with Gasteiger partial charge >= 0.3 is 0 Å². The Balaban J connectivity index is 1.57. The number of hydrogen-bond acceptors (Lipinski definition) is 5. The number of carbonyl (C=O) groups excluding carboxylic acids is 1. The van der Waals surface area contributed by atoms with E-state index in [1.807, 2.05) is 43.3 Å². The summed E-state index contributed by atoms with van der Waals surface area (Å²) in [5.74, 6) is 1.18. The highest BCUT2D eigenvalue weighted by Gasteiger charge is 2.14. The van der Waals surface area contributed by atoms with E-state index >= 15 is 0 Å². The number of carbonyl (C=O) groups is 1. The van der Waals surface area contributed by atoms with E-state index in [0.717, 1.165) is 16.7 Å². The molecule has 0 atom stereocenters. The molecule has 2 heterocycles. The smallest absolute Gasteiger partial charge is 0.259 e. The molecule has 4 rings (SSSR count). The lowest BCUT2D eigenvalue weighted by atomic mass is 10.1. The summed E-state index contributed by atoms with van der Waals surface area (Å²) in [7, 11) is 0. The summed E-state index contributed by atoms with van der Waals surface area (Å²) in [4.78, 5) is 12.3. The molecule has 0 bridgehead atoms. The van der Waals surface area contributed by atoms with E-state index in [-0.39, 0.29) is 5.91 Å². The molecule has 6 nitrogen and oxygen atoms in total. The largest absolute Gasteiger partial charge is 0.469 e. The molecule has 0 unspecified atom stereocenters. The van der Waals surface area contributed by atoms with Crippen LogP contribution >= 0.6 is 0 Å². The van der Waals surface area contributed by atoms with Crippen LogP contribution in [0.3, 0.4) is 0 Å². The zero-order valence-corrected chi connectivity index (χ0v) is 14.9. The Labute approximate surface area is 155 Å². The Hall–Kier alpha value is -3.67. The van der Waals surface area contributed by atoms with E-state index in [9.17, 15) is 4.79 Å². The zero-order valence-electron chi connectivity index (χ0n) is 14.9. The third-order valence-electron chi connectivity index (χ3n) is 4.19. The molecule has 6 heteroatoms. The molecule has 2 aromatic carbocycles. The van der Waals surface area contributed by atoms with Crippen molar-refractivity contribution in [3.05, 3.63) is 77.7 Å². The highest BCUT2D eigenvalue weighted by Crippen LogP contribution is 2.26. The van der Waals surface area contributed by atoms with Gasteiger partial charge in [-0.3, -0.25) is 4.79 Å². The van der Waals surface area contributed by atoms with E-state index in [0.29, 0.717) is 28.8 Å². The molecule has 0 fully saturated rings. The van der Waals surface area contributed by atoms with Gasteiger partial charge in [-0.2, -0.15) is 0 Å². The van der Waals surface area contributed by atoms with E-state index in [1.165, 1.54) is 6.26 Å². The first-order chi connectivity index (χ1) is 13.1. The van der Waals surface area contributed by atoms with Gasteiger partial charge in [-0.1, -0.05) is 23.8 Å². The monoisotopic (exact) mass is 359 g/mol. The van der Waals surface area contributed by atoms with Crippen molar-refractivity contribution in [1.29, 1.82) is 0 Å². The van der Waals surface area contributed by atoms with E-state index in [1.54, 1.807) is 25.1 Å². The number of aromatic nitrogens is 2. The van der Waals surface area contributed by atoms with Crippen LogP contribution in [0.5, 0.6) is 0 Å². The average molecular weight is 359 g/mol. The topological polar surface area (TPSA) is 81.2 Å². The standard InChI is InChI=1S/C21H17N3O3/c1-13-6-8-15(9-7-13)20-23-24-21(27-20)16-4-3-5-17(12-16)22-19(25)18-10-11-26-14(18)2/h3-12H,1-2H3,(H,22,25). The lowest BCUT2D eigenvalue weighted by molar-refractivity contribution is 0.102. The third-order valence-corrected chi connectivity index (χ3v) is 4.19. The lowest BCUT2D eigenvalue weighted by Crippen LogP contribution is -2.12. The summed E-state index contributed by atoms with van der Waals surface area (Å²) >= 11 is 0. The first kappa shape index (κ1) is 16.8. The Morgan fingerprint density at radius 1 is 0.926 bits per heavy atom. The van der Waals surface area contributed by atoms with Crippen molar-refractivity contribution in [3.8, 4) is 22.9 Å². The summed E-state index contributed by atoms with van der Waals surface area (Å²) in [6, 6.07) is 16.8. The maximum absolute atomic E-state index is 12.3. The van der Waals surface area contributed by atoms with E-state index < -0.39 is 0 Å². The maximum Gasteiger partial charge on any atom is 0.259 e. The van der Waals surface area contributed by atoms with Crippen LogP contribution in [0, 0.1) is 13.8 Å². The van der Waals surface area contributed by atoms with Gasteiger partial charge in [0.15, 0.2) is 0 Å². The van der Waals surface area contributed by atoms with Gasteiger partial charge in [-0.15, -0.1) is 10.2 Å². The summed E-state index contributed by atoms with van der Waals surface area (Å²) < 4.78 is 11.0. The number of nitrogens with zero attached hydrogens (tertiary/aromatic N) is 2. The van der Waals surface area contributed by atoms with Crippen LogP contribution in [0.4, 0.5) is 5.69 Å². The second-order valence-electron chi connectivity index (χ2n) is 6.20. The molecule has 1 amide bonds. The predicted molar refractivity (Wildman–Crippen MR) is 101 cm³/mol. The number of amides is 1. The summed E-state index contributed by atoms with van der Waals surface area (Å²) in [6.07, 6.45) is 1.49. The van der Waals surface area contributed by atoms with Crippen LogP contribution < -0.4 is 5.32 Å². The number of rotatable bonds is 4. The maximum atomic E-state index is 12.3. The molecule has 0 spiro atoms. The van der Waals surface area contributed by atoms with Crippen molar-refractivity contribution in [2.75, 3.05) is 5.32 Å². The molecule has 0 aliphatic rings. The summed E-state index contributed by atoms with van der Waals surface area (Å²) in [6.45, 7) is 3.77. The van der Waals surface area contributed by atoms with Crippen molar-refractivity contribution >= 4 is 11.6 Å². The van der Waals surface area contributed by atoms with Crippen molar-refractivity contribution in [3.63, 3.8) is 0 Å². The Bertz CT molecular complexity index is 1090. The molecule has 1 N–H and O–H groups in total. The summed E-state index contributed by atoms with van der Waals surface area (Å²) in [5, 5.41) is 11.1. The normalized spacial score (nSPS) is 10.7. The zero-order chi connectivity index (χ0) is 18.8. The number of aryl methyl sites for hydroxylation is 2.